The van der Waals surface area contributed by atoms with Gasteiger partial charge in [-0.05, 0) is 54.3 Å². The van der Waals surface area contributed by atoms with Gasteiger partial charge in [0.25, 0.3) is 0 Å². The van der Waals surface area contributed by atoms with E-state index in [1.54, 1.807) is 0 Å². The van der Waals surface area contributed by atoms with E-state index < -0.39 is 0 Å². The van der Waals surface area contributed by atoms with E-state index >= 15 is 0 Å². The summed E-state index contributed by atoms with van der Waals surface area (Å²) in [5, 5.41) is 3.44. The van der Waals surface area contributed by atoms with Crippen LogP contribution in [0.1, 0.15) is 24.5 Å². The summed E-state index contributed by atoms with van der Waals surface area (Å²) in [6.45, 7) is 6.40. The van der Waals surface area contributed by atoms with Crippen LogP contribution in [0, 0.1) is 6.92 Å². The van der Waals surface area contributed by atoms with Crippen molar-refractivity contribution in [2.75, 3.05) is 6.54 Å². The van der Waals surface area contributed by atoms with Crippen molar-refractivity contribution in [2.24, 2.45) is 0 Å². The van der Waals surface area contributed by atoms with E-state index in [4.69, 9.17) is 0 Å². The largest absolute Gasteiger partial charge is 0.313 e. The van der Waals surface area contributed by atoms with Gasteiger partial charge in [0, 0.05) is 11.0 Å². The molecule has 0 radical (unpaired) electrons. The number of benzene rings is 2. The third kappa shape index (κ3) is 3.92. The zero-order valence-electron chi connectivity index (χ0n) is 11.5. The summed E-state index contributed by atoms with van der Waals surface area (Å²) in [6, 6.07) is 15.2. The molecule has 1 N–H and O–H groups in total. The summed E-state index contributed by atoms with van der Waals surface area (Å²) >= 11 is 3.48. The summed E-state index contributed by atoms with van der Waals surface area (Å²) in [4.78, 5) is 0. The molecule has 2 rings (SSSR count). The molecule has 0 spiro atoms. The third-order valence-electron chi connectivity index (χ3n) is 3.20. The summed E-state index contributed by atoms with van der Waals surface area (Å²) in [6.07, 6.45) is 1.18. The van der Waals surface area contributed by atoms with Crippen LogP contribution in [0.2, 0.25) is 0 Å². The van der Waals surface area contributed by atoms with Crippen molar-refractivity contribution >= 4 is 15.9 Å². The van der Waals surface area contributed by atoms with Gasteiger partial charge in [-0.3, -0.25) is 0 Å². The number of hydrogen-bond donors (Lipinski definition) is 1. The van der Waals surface area contributed by atoms with E-state index in [-0.39, 0.29) is 0 Å². The van der Waals surface area contributed by atoms with E-state index in [0.717, 1.165) is 17.6 Å². The molecule has 19 heavy (non-hydrogen) atoms. The fourth-order valence-electron chi connectivity index (χ4n) is 2.20. The Balaban J connectivity index is 2.17. The van der Waals surface area contributed by atoms with E-state index in [9.17, 15) is 0 Å². The lowest BCUT2D eigenvalue weighted by Crippen LogP contribution is -2.13. The van der Waals surface area contributed by atoms with Crippen LogP contribution < -0.4 is 5.32 Å². The van der Waals surface area contributed by atoms with Gasteiger partial charge >= 0.3 is 0 Å². The molecule has 0 atom stereocenters. The zero-order valence-corrected chi connectivity index (χ0v) is 13.1. The van der Waals surface area contributed by atoms with E-state index in [1.807, 2.05) is 0 Å². The Morgan fingerprint density at radius 3 is 2.42 bits per heavy atom. The highest BCUT2D eigenvalue weighted by Crippen LogP contribution is 2.25. The first-order chi connectivity index (χ1) is 9.20. The molecule has 0 aliphatic carbocycles. The van der Waals surface area contributed by atoms with Gasteiger partial charge in [-0.25, -0.2) is 0 Å². The number of rotatable bonds is 5. The van der Waals surface area contributed by atoms with E-state index in [2.05, 4.69) is 77.6 Å². The minimum absolute atomic E-state index is 0.954. The molecule has 1 nitrogen and oxygen atoms in total. The average molecular weight is 318 g/mol. The average Bonchev–Trinajstić information content (AvgIpc) is 2.41. The first kappa shape index (κ1) is 14.3. The van der Waals surface area contributed by atoms with Crippen molar-refractivity contribution in [3.05, 3.63) is 58.1 Å². The van der Waals surface area contributed by atoms with Crippen LogP contribution >= 0.6 is 15.9 Å². The van der Waals surface area contributed by atoms with Gasteiger partial charge in [-0.2, -0.15) is 0 Å². The lowest BCUT2D eigenvalue weighted by Gasteiger charge is -2.10. The second-order valence-electron chi connectivity index (χ2n) is 4.83. The van der Waals surface area contributed by atoms with Crippen LogP contribution in [-0.2, 0) is 6.54 Å². The fraction of sp³-hybridized carbons (Fsp3) is 0.294. The lowest BCUT2D eigenvalue weighted by atomic mass is 9.98. The molecule has 0 fully saturated rings. The Bertz CT molecular complexity index is 531. The lowest BCUT2D eigenvalue weighted by molar-refractivity contribution is 0.675. The number of aryl methyl sites for hydroxylation is 1. The maximum absolute atomic E-state index is 3.48. The predicted molar refractivity (Wildman–Crippen MR) is 86.3 cm³/mol. The number of nitrogens with one attached hydrogen (secondary N) is 1. The van der Waals surface area contributed by atoms with Crippen molar-refractivity contribution < 1.29 is 0 Å². The van der Waals surface area contributed by atoms with Crippen LogP contribution in [0.15, 0.2) is 46.9 Å². The summed E-state index contributed by atoms with van der Waals surface area (Å²) < 4.78 is 1.12. The molecule has 2 aromatic carbocycles. The highest BCUT2D eigenvalue weighted by molar-refractivity contribution is 9.10. The van der Waals surface area contributed by atoms with Gasteiger partial charge in [0.1, 0.15) is 0 Å². The first-order valence-electron chi connectivity index (χ1n) is 6.77. The highest BCUT2D eigenvalue weighted by Gasteiger charge is 2.03. The van der Waals surface area contributed by atoms with Gasteiger partial charge in [-0.15, -0.1) is 0 Å². The Morgan fingerprint density at radius 2 is 1.79 bits per heavy atom. The van der Waals surface area contributed by atoms with E-state index in [0.29, 0.717) is 0 Å². The minimum atomic E-state index is 0.954. The van der Waals surface area contributed by atoms with Crippen molar-refractivity contribution in [2.45, 2.75) is 26.8 Å². The van der Waals surface area contributed by atoms with Gasteiger partial charge in [0.15, 0.2) is 0 Å². The summed E-state index contributed by atoms with van der Waals surface area (Å²) in [5.74, 6) is 0. The smallest absolute Gasteiger partial charge is 0.0205 e. The molecule has 0 aliphatic rings. The van der Waals surface area contributed by atoms with Crippen LogP contribution in [0.25, 0.3) is 11.1 Å². The summed E-state index contributed by atoms with van der Waals surface area (Å²) in [7, 11) is 0. The highest BCUT2D eigenvalue weighted by atomic mass is 79.9. The molecule has 0 saturated carbocycles. The molecular weight excluding hydrogens is 298 g/mol. The molecule has 0 saturated heterocycles. The summed E-state index contributed by atoms with van der Waals surface area (Å²) in [5.41, 5.74) is 5.27. The topological polar surface area (TPSA) is 12.0 Å². The number of halogens is 1. The maximum atomic E-state index is 3.48. The standard InChI is InChI=1S/C17H20BrN/c1-3-10-19-12-14-4-9-17(13(2)11-14)15-5-7-16(18)8-6-15/h4-9,11,19H,3,10,12H2,1-2H3. The van der Waals surface area contributed by atoms with Crippen molar-refractivity contribution in [3.8, 4) is 11.1 Å². The molecule has 0 aliphatic heterocycles. The van der Waals surface area contributed by atoms with Gasteiger partial charge in [0.2, 0.25) is 0 Å². The Hall–Kier alpha value is -1.12. The van der Waals surface area contributed by atoms with Crippen molar-refractivity contribution in [1.29, 1.82) is 0 Å². The Labute approximate surface area is 124 Å². The molecule has 100 valence electrons. The van der Waals surface area contributed by atoms with Crippen LogP contribution in [-0.4, -0.2) is 6.54 Å². The Kier molecular flexibility index (Phi) is 5.17. The normalized spacial score (nSPS) is 10.7. The zero-order chi connectivity index (χ0) is 13.7. The Morgan fingerprint density at radius 1 is 1.05 bits per heavy atom. The monoisotopic (exact) mass is 317 g/mol. The predicted octanol–water partition coefficient (Wildman–Crippen LogP) is 4.92. The molecule has 2 aromatic rings. The van der Waals surface area contributed by atoms with Crippen LogP contribution in [0.4, 0.5) is 0 Å². The molecular formula is C17H20BrN. The van der Waals surface area contributed by atoms with Gasteiger partial charge in [-0.1, -0.05) is 53.2 Å². The third-order valence-corrected chi connectivity index (χ3v) is 3.73. The fourth-order valence-corrected chi connectivity index (χ4v) is 2.46. The van der Waals surface area contributed by atoms with E-state index in [1.165, 1.54) is 28.7 Å². The van der Waals surface area contributed by atoms with Crippen molar-refractivity contribution in [1.82, 2.24) is 5.32 Å². The molecule has 0 amide bonds. The quantitative estimate of drug-likeness (QED) is 0.771. The molecule has 0 unspecified atom stereocenters. The van der Waals surface area contributed by atoms with Crippen molar-refractivity contribution in [3.63, 3.8) is 0 Å². The number of hydrogen-bond acceptors (Lipinski definition) is 1. The first-order valence-corrected chi connectivity index (χ1v) is 7.56. The second kappa shape index (κ2) is 6.88. The SMILES string of the molecule is CCCNCc1ccc(-c2ccc(Br)cc2)c(C)c1. The van der Waals surface area contributed by atoms with Gasteiger partial charge < -0.3 is 5.32 Å². The molecule has 2 heteroatoms. The van der Waals surface area contributed by atoms with Gasteiger partial charge in [0.05, 0.1) is 0 Å². The molecule has 0 heterocycles. The second-order valence-corrected chi connectivity index (χ2v) is 5.75. The molecule has 0 aromatic heterocycles. The minimum Gasteiger partial charge on any atom is -0.313 e. The van der Waals surface area contributed by atoms with Crippen LogP contribution in [0.5, 0.6) is 0 Å². The maximum Gasteiger partial charge on any atom is 0.0205 e. The van der Waals surface area contributed by atoms with Crippen LogP contribution in [0.3, 0.4) is 0 Å². The molecule has 0 bridgehead atoms.